The van der Waals surface area contributed by atoms with Crippen molar-refractivity contribution in [2.75, 3.05) is 20.1 Å². The third-order valence-electron chi connectivity index (χ3n) is 1.51. The number of aliphatic hydroxyl groups excluding tert-OH is 1. The molecule has 12 heavy (non-hydrogen) atoms. The van der Waals surface area contributed by atoms with Crippen LogP contribution in [-0.4, -0.2) is 43.1 Å². The van der Waals surface area contributed by atoms with Gasteiger partial charge in [-0.15, -0.1) is 0 Å². The van der Waals surface area contributed by atoms with Crippen molar-refractivity contribution >= 4 is 6.98 Å². The topological polar surface area (TPSA) is 23.5 Å². The minimum absolute atomic E-state index is 0. The van der Waals surface area contributed by atoms with Gasteiger partial charge >= 0.3 is 58.4 Å². The summed E-state index contributed by atoms with van der Waals surface area (Å²) >= 11 is 0. The Morgan fingerprint density at radius 1 is 1.42 bits per heavy atom. The molecule has 0 rings (SSSR count). The Bertz CT molecular complexity index is 124. The molecule has 1 atom stereocenters. The zero-order valence-corrected chi connectivity index (χ0v) is 10.7. The minimum atomic E-state index is -4.77. The smallest absolute Gasteiger partial charge is 0.448 e. The van der Waals surface area contributed by atoms with Gasteiger partial charge in [-0.05, 0) is 20.4 Å². The van der Waals surface area contributed by atoms with E-state index >= 15 is 0 Å². The van der Waals surface area contributed by atoms with Crippen LogP contribution < -0.4 is 51.4 Å². The number of rotatable bonds is 4. The van der Waals surface area contributed by atoms with Crippen molar-refractivity contribution in [1.82, 2.24) is 4.90 Å². The first kappa shape index (κ1) is 15.9. The van der Waals surface area contributed by atoms with Crippen LogP contribution in [0.25, 0.3) is 0 Å². The number of hydrogen-bond acceptors (Lipinski definition) is 2. The molecule has 0 aromatic rings. The van der Waals surface area contributed by atoms with E-state index in [-0.39, 0.29) is 58.0 Å². The van der Waals surface area contributed by atoms with E-state index in [0.717, 1.165) is 4.90 Å². The Kier molecular flexibility index (Phi) is 9.00. The summed E-state index contributed by atoms with van der Waals surface area (Å²) in [6.07, 6.45) is -0.915. The van der Waals surface area contributed by atoms with Gasteiger partial charge in [-0.2, -0.15) is 0 Å². The summed E-state index contributed by atoms with van der Waals surface area (Å²) in [5, 5.41) is 8.50. The number of aliphatic hydroxyl groups is 1. The van der Waals surface area contributed by atoms with E-state index in [4.69, 9.17) is 5.11 Å². The summed E-state index contributed by atoms with van der Waals surface area (Å²) in [7, 11) is 1.34. The molecule has 0 heterocycles. The molecule has 1 unspecified atom stereocenters. The number of hydrogen-bond donors (Lipinski definition) is 1. The van der Waals surface area contributed by atoms with Gasteiger partial charge in [0.1, 0.15) is 0 Å². The molecule has 0 saturated carbocycles. The first-order valence-corrected chi connectivity index (χ1v) is 3.39. The number of nitrogens with zero attached hydrogens (tertiary/aromatic N) is 1. The van der Waals surface area contributed by atoms with E-state index in [2.05, 4.69) is 0 Å². The second kappa shape index (κ2) is 6.80. The maximum atomic E-state index is 11.7. The zero-order chi connectivity index (χ0) is 9.07. The first-order valence-electron chi connectivity index (χ1n) is 3.39. The van der Waals surface area contributed by atoms with Crippen LogP contribution in [0.1, 0.15) is 6.92 Å². The zero-order valence-electron chi connectivity index (χ0n) is 7.60. The molecule has 7 heteroatoms. The van der Waals surface area contributed by atoms with E-state index in [1.807, 2.05) is 0 Å². The molecule has 68 valence electrons. The Morgan fingerprint density at radius 3 is 2.08 bits per heavy atom. The second-order valence-electron chi connectivity index (χ2n) is 2.68. The van der Waals surface area contributed by atoms with Gasteiger partial charge in [0.2, 0.25) is 0 Å². The molecule has 1 N–H and O–H groups in total. The van der Waals surface area contributed by atoms with Gasteiger partial charge in [0.25, 0.3) is 0 Å². The standard InChI is InChI=1S/C5H12BF3NO.K/c1-5(3-11)10(2)4-6(7,8)9;/h5,11H,3-4H2,1-2H3;/q-1;+1. The fraction of sp³-hybridized carbons (Fsp3) is 1.00. The van der Waals surface area contributed by atoms with E-state index < -0.39 is 19.5 Å². The monoisotopic (exact) mass is 209 g/mol. The van der Waals surface area contributed by atoms with Crippen molar-refractivity contribution in [2.45, 2.75) is 13.0 Å². The van der Waals surface area contributed by atoms with Crippen molar-refractivity contribution in [1.29, 1.82) is 0 Å². The summed E-state index contributed by atoms with van der Waals surface area (Å²) in [6, 6.07) is -0.432. The Hall–Kier alpha value is 1.41. The van der Waals surface area contributed by atoms with E-state index in [1.54, 1.807) is 6.92 Å². The third kappa shape index (κ3) is 8.03. The Morgan fingerprint density at radius 2 is 1.83 bits per heavy atom. The van der Waals surface area contributed by atoms with E-state index in [9.17, 15) is 12.9 Å². The minimum Gasteiger partial charge on any atom is -0.448 e. The summed E-state index contributed by atoms with van der Waals surface area (Å²) < 4.78 is 35.2. The van der Waals surface area contributed by atoms with Crippen LogP contribution in [0.2, 0.25) is 0 Å². The molecular formula is C5H12BF3KNO. The van der Waals surface area contributed by atoms with Gasteiger partial charge in [-0.1, -0.05) is 0 Å². The van der Waals surface area contributed by atoms with Crippen molar-refractivity contribution in [3.8, 4) is 0 Å². The molecule has 0 aromatic heterocycles. The molecule has 0 amide bonds. The molecular weight excluding hydrogens is 197 g/mol. The summed E-state index contributed by atoms with van der Waals surface area (Å²) in [4.78, 5) is 1.08. The Balaban J connectivity index is 0. The normalized spacial score (nSPS) is 14.2. The summed E-state index contributed by atoms with van der Waals surface area (Å²) in [5.41, 5.74) is 0. The third-order valence-corrected chi connectivity index (χ3v) is 1.51. The van der Waals surface area contributed by atoms with Crippen LogP contribution in [0.4, 0.5) is 12.9 Å². The van der Waals surface area contributed by atoms with Crippen molar-refractivity contribution in [3.05, 3.63) is 0 Å². The molecule has 0 aliphatic carbocycles. The van der Waals surface area contributed by atoms with Crippen LogP contribution in [0, 0.1) is 0 Å². The number of halogens is 3. The molecule has 0 bridgehead atoms. The van der Waals surface area contributed by atoms with Crippen LogP contribution >= 0.6 is 0 Å². The van der Waals surface area contributed by atoms with Gasteiger partial charge in [0.15, 0.2) is 0 Å². The molecule has 0 aromatic carbocycles. The number of likely N-dealkylation sites (N-methyl/N-ethyl adjacent to an activating group) is 1. The van der Waals surface area contributed by atoms with Gasteiger partial charge in [0.05, 0.1) is 6.61 Å². The van der Waals surface area contributed by atoms with Crippen LogP contribution in [0.3, 0.4) is 0 Å². The first-order chi connectivity index (χ1) is 4.87. The molecule has 0 aliphatic rings. The molecule has 0 spiro atoms. The molecule has 0 radical (unpaired) electrons. The molecule has 2 nitrogen and oxygen atoms in total. The van der Waals surface area contributed by atoms with Crippen molar-refractivity contribution in [3.63, 3.8) is 0 Å². The van der Waals surface area contributed by atoms with Gasteiger partial charge in [-0.3, -0.25) is 0 Å². The van der Waals surface area contributed by atoms with E-state index in [1.165, 1.54) is 7.05 Å². The predicted octanol–water partition coefficient (Wildman–Crippen LogP) is -2.31. The summed E-state index contributed by atoms with van der Waals surface area (Å²) in [5.74, 6) is 0. The largest absolute Gasteiger partial charge is 1.00 e. The predicted molar refractivity (Wildman–Crippen MR) is 38.3 cm³/mol. The fourth-order valence-electron chi connectivity index (χ4n) is 0.646. The average Bonchev–Trinajstić information content (AvgIpc) is 1.82. The molecule has 0 saturated heterocycles. The van der Waals surface area contributed by atoms with Crippen molar-refractivity contribution in [2.24, 2.45) is 0 Å². The maximum Gasteiger partial charge on any atom is 1.00 e. The fourth-order valence-corrected chi connectivity index (χ4v) is 0.646. The molecule has 0 aliphatic heterocycles. The molecule has 0 fully saturated rings. The van der Waals surface area contributed by atoms with Crippen LogP contribution in [0.15, 0.2) is 0 Å². The van der Waals surface area contributed by atoms with Gasteiger partial charge in [0, 0.05) is 6.04 Å². The summed E-state index contributed by atoms with van der Waals surface area (Å²) in [6.45, 7) is -3.47. The quantitative estimate of drug-likeness (QED) is 0.526. The maximum absolute atomic E-state index is 11.7. The van der Waals surface area contributed by atoms with Crippen LogP contribution in [0.5, 0.6) is 0 Å². The Labute approximate surface area is 113 Å². The van der Waals surface area contributed by atoms with E-state index in [0.29, 0.717) is 0 Å². The van der Waals surface area contributed by atoms with Gasteiger partial charge in [-0.25, -0.2) is 0 Å². The average molecular weight is 209 g/mol. The van der Waals surface area contributed by atoms with Crippen molar-refractivity contribution < 1.29 is 69.4 Å². The SMILES string of the molecule is CC(CO)N(C)C[B-](F)(F)F.[K+]. The van der Waals surface area contributed by atoms with Crippen LogP contribution in [-0.2, 0) is 0 Å². The van der Waals surface area contributed by atoms with Gasteiger partial charge < -0.3 is 23.0 Å². The second-order valence-corrected chi connectivity index (χ2v) is 2.68.